The smallest absolute Gasteiger partial charge is 0.00965 e. The van der Waals surface area contributed by atoms with E-state index in [0.717, 1.165) is 17.9 Å². The Labute approximate surface area is 69.6 Å². The molecule has 0 bridgehead atoms. The summed E-state index contributed by atoms with van der Waals surface area (Å²) in [6.07, 6.45) is 7.34. The van der Waals surface area contributed by atoms with Crippen LogP contribution in [0.25, 0.3) is 0 Å². The summed E-state index contributed by atoms with van der Waals surface area (Å²) >= 11 is 0. The molecule has 0 amide bonds. The molecule has 2 fully saturated rings. The topological polar surface area (TPSA) is 12.0 Å². The number of nitrogens with one attached hydrogen (secondary N) is 1. The van der Waals surface area contributed by atoms with E-state index in [-0.39, 0.29) is 0 Å². The van der Waals surface area contributed by atoms with E-state index in [1.165, 1.54) is 38.6 Å². The van der Waals surface area contributed by atoms with Gasteiger partial charge in [0.25, 0.3) is 0 Å². The van der Waals surface area contributed by atoms with Crippen LogP contribution in [0, 0.1) is 11.8 Å². The van der Waals surface area contributed by atoms with Crippen molar-refractivity contribution in [2.45, 2.75) is 45.1 Å². The van der Waals surface area contributed by atoms with Gasteiger partial charge >= 0.3 is 0 Å². The van der Waals surface area contributed by atoms with E-state index in [1.54, 1.807) is 0 Å². The van der Waals surface area contributed by atoms with E-state index in [2.05, 4.69) is 12.2 Å². The molecule has 2 aliphatic rings. The molecule has 2 atom stereocenters. The van der Waals surface area contributed by atoms with Gasteiger partial charge in [-0.2, -0.15) is 0 Å². The lowest BCUT2D eigenvalue weighted by atomic mass is 10.1. The normalized spacial score (nSPS) is 37.9. The van der Waals surface area contributed by atoms with Crippen molar-refractivity contribution in [3.63, 3.8) is 0 Å². The van der Waals surface area contributed by atoms with Crippen LogP contribution in [0.1, 0.15) is 39.0 Å². The fraction of sp³-hybridized carbons (Fsp3) is 1.00. The first-order chi connectivity index (χ1) is 5.36. The van der Waals surface area contributed by atoms with Crippen molar-refractivity contribution in [2.75, 3.05) is 6.54 Å². The van der Waals surface area contributed by atoms with Gasteiger partial charge in [0.15, 0.2) is 0 Å². The maximum atomic E-state index is 3.65. The van der Waals surface area contributed by atoms with Crippen LogP contribution in [0.5, 0.6) is 0 Å². The zero-order chi connectivity index (χ0) is 7.68. The van der Waals surface area contributed by atoms with Crippen LogP contribution in [0.3, 0.4) is 0 Å². The Kier molecular flexibility index (Phi) is 2.17. The molecule has 11 heavy (non-hydrogen) atoms. The molecule has 1 N–H and O–H groups in total. The Morgan fingerprint density at radius 3 is 2.45 bits per heavy atom. The van der Waals surface area contributed by atoms with Crippen molar-refractivity contribution in [1.29, 1.82) is 0 Å². The van der Waals surface area contributed by atoms with Crippen molar-refractivity contribution in [3.8, 4) is 0 Å². The summed E-state index contributed by atoms with van der Waals surface area (Å²) in [4.78, 5) is 0. The summed E-state index contributed by atoms with van der Waals surface area (Å²) < 4.78 is 0. The van der Waals surface area contributed by atoms with Crippen LogP contribution in [0.15, 0.2) is 0 Å². The van der Waals surface area contributed by atoms with Gasteiger partial charge in [-0.1, -0.05) is 19.8 Å². The molecule has 0 spiro atoms. The van der Waals surface area contributed by atoms with Gasteiger partial charge in [0, 0.05) is 6.04 Å². The molecule has 0 unspecified atom stereocenters. The minimum Gasteiger partial charge on any atom is -0.313 e. The van der Waals surface area contributed by atoms with E-state index >= 15 is 0 Å². The fourth-order valence-electron chi connectivity index (χ4n) is 2.14. The van der Waals surface area contributed by atoms with Crippen LogP contribution in [-0.4, -0.2) is 12.6 Å². The summed E-state index contributed by atoms with van der Waals surface area (Å²) in [7, 11) is 0. The van der Waals surface area contributed by atoms with E-state index in [4.69, 9.17) is 0 Å². The lowest BCUT2D eigenvalue weighted by Crippen LogP contribution is -2.24. The lowest BCUT2D eigenvalue weighted by molar-refractivity contribution is 0.481. The molecule has 0 heterocycles. The highest BCUT2D eigenvalue weighted by molar-refractivity contribution is 4.90. The monoisotopic (exact) mass is 153 g/mol. The zero-order valence-corrected chi connectivity index (χ0v) is 7.47. The highest BCUT2D eigenvalue weighted by Gasteiger charge is 2.32. The van der Waals surface area contributed by atoms with Crippen molar-refractivity contribution in [2.24, 2.45) is 11.8 Å². The molecule has 0 aliphatic heterocycles. The van der Waals surface area contributed by atoms with Gasteiger partial charge in [-0.15, -0.1) is 0 Å². The van der Waals surface area contributed by atoms with Gasteiger partial charge in [0.2, 0.25) is 0 Å². The zero-order valence-electron chi connectivity index (χ0n) is 7.47. The molecular formula is C10H19N. The van der Waals surface area contributed by atoms with Gasteiger partial charge in [-0.3, -0.25) is 0 Å². The third kappa shape index (κ3) is 1.96. The van der Waals surface area contributed by atoms with Crippen LogP contribution in [-0.2, 0) is 0 Å². The molecule has 1 heteroatoms. The molecule has 2 rings (SSSR count). The van der Waals surface area contributed by atoms with Crippen molar-refractivity contribution in [3.05, 3.63) is 0 Å². The molecule has 2 aliphatic carbocycles. The Bertz CT molecular complexity index is 127. The lowest BCUT2D eigenvalue weighted by Gasteiger charge is -2.09. The maximum Gasteiger partial charge on any atom is 0.00965 e. The molecule has 0 aromatic rings. The molecule has 1 nitrogen and oxygen atoms in total. The molecule has 0 saturated heterocycles. The van der Waals surface area contributed by atoms with Crippen LogP contribution >= 0.6 is 0 Å². The van der Waals surface area contributed by atoms with E-state index in [0.29, 0.717) is 0 Å². The van der Waals surface area contributed by atoms with Gasteiger partial charge in [-0.25, -0.2) is 0 Å². The summed E-state index contributed by atoms with van der Waals surface area (Å²) in [6.45, 7) is 3.64. The van der Waals surface area contributed by atoms with E-state index < -0.39 is 0 Å². The highest BCUT2D eigenvalue weighted by Crippen LogP contribution is 2.30. The third-order valence-electron chi connectivity index (χ3n) is 3.25. The third-order valence-corrected chi connectivity index (χ3v) is 3.25. The Balaban J connectivity index is 1.59. The maximum absolute atomic E-state index is 3.65. The Morgan fingerprint density at radius 2 is 1.91 bits per heavy atom. The molecule has 0 aromatic heterocycles. The van der Waals surface area contributed by atoms with Crippen LogP contribution in [0.4, 0.5) is 0 Å². The molecule has 2 saturated carbocycles. The summed E-state index contributed by atoms with van der Waals surface area (Å²) in [5, 5.41) is 3.65. The second-order valence-corrected chi connectivity index (χ2v) is 4.38. The summed E-state index contributed by atoms with van der Waals surface area (Å²) in [5.41, 5.74) is 0. The molecule has 0 aromatic carbocycles. The molecule has 64 valence electrons. The number of hydrogen-bond donors (Lipinski definition) is 1. The second kappa shape index (κ2) is 3.14. The van der Waals surface area contributed by atoms with Gasteiger partial charge in [-0.05, 0) is 37.6 Å². The first-order valence-corrected chi connectivity index (χ1v) is 5.09. The predicted molar refractivity (Wildman–Crippen MR) is 47.5 cm³/mol. The average Bonchev–Trinajstić information content (AvgIpc) is 2.55. The molecular weight excluding hydrogens is 134 g/mol. The average molecular weight is 153 g/mol. The summed E-state index contributed by atoms with van der Waals surface area (Å²) in [6, 6.07) is 0.885. The summed E-state index contributed by atoms with van der Waals surface area (Å²) in [5.74, 6) is 1.99. The van der Waals surface area contributed by atoms with Crippen molar-refractivity contribution in [1.82, 2.24) is 5.32 Å². The van der Waals surface area contributed by atoms with E-state index in [1.807, 2.05) is 0 Å². The predicted octanol–water partition coefficient (Wildman–Crippen LogP) is 2.17. The van der Waals surface area contributed by atoms with Crippen LogP contribution in [0.2, 0.25) is 0 Å². The van der Waals surface area contributed by atoms with Gasteiger partial charge in [0.1, 0.15) is 0 Å². The molecule has 0 radical (unpaired) electrons. The Morgan fingerprint density at radius 1 is 1.27 bits per heavy atom. The number of rotatable bonds is 3. The van der Waals surface area contributed by atoms with Gasteiger partial charge < -0.3 is 5.32 Å². The van der Waals surface area contributed by atoms with Crippen molar-refractivity contribution < 1.29 is 0 Å². The number of hydrogen-bond acceptors (Lipinski definition) is 1. The van der Waals surface area contributed by atoms with Gasteiger partial charge in [0.05, 0.1) is 0 Å². The highest BCUT2D eigenvalue weighted by atomic mass is 15.0. The largest absolute Gasteiger partial charge is 0.313 e. The van der Waals surface area contributed by atoms with Crippen LogP contribution < -0.4 is 5.32 Å². The first-order valence-electron chi connectivity index (χ1n) is 5.09. The fourth-order valence-corrected chi connectivity index (χ4v) is 2.14. The Hall–Kier alpha value is -0.0400. The standard InChI is InChI=1S/C10H19N/c1-8-6-10(8)11-7-9-4-2-3-5-9/h8-11H,2-7H2,1H3/t8-,10-/m1/s1. The minimum absolute atomic E-state index is 0.885. The minimum atomic E-state index is 0.885. The first kappa shape index (κ1) is 7.60. The van der Waals surface area contributed by atoms with E-state index in [9.17, 15) is 0 Å². The quantitative estimate of drug-likeness (QED) is 0.655. The second-order valence-electron chi connectivity index (χ2n) is 4.38. The van der Waals surface area contributed by atoms with Crippen molar-refractivity contribution >= 4 is 0 Å². The SMILES string of the molecule is C[C@@H]1C[C@H]1NCC1CCCC1.